The minimum absolute atomic E-state index is 0.106. The highest BCUT2D eigenvalue weighted by Crippen LogP contribution is 2.33. The Balaban J connectivity index is 2.12. The largest absolute Gasteiger partial charge is 0.300 e. The fourth-order valence-electron chi connectivity index (χ4n) is 4.07. The number of Topliss-reactive ketones (excluding diaryl/α,β-unsaturated/α-hetero) is 1. The monoisotopic (exact) mass is 317 g/mol. The van der Waals surface area contributed by atoms with Crippen molar-refractivity contribution in [2.75, 3.05) is 13.1 Å². The maximum atomic E-state index is 12.0. The second-order valence-electron chi connectivity index (χ2n) is 9.16. The van der Waals surface area contributed by atoms with Gasteiger partial charge in [0.2, 0.25) is 0 Å². The predicted molar refractivity (Wildman–Crippen MR) is 97.5 cm³/mol. The Bertz CT molecular complexity index is 468. The number of nitrogens with zero attached hydrogens (tertiary/aromatic N) is 1. The molecule has 1 unspecified atom stereocenters. The van der Waals surface area contributed by atoms with Crippen LogP contribution in [0.15, 0.2) is 17.9 Å². The van der Waals surface area contributed by atoms with Gasteiger partial charge in [0.25, 0.3) is 0 Å². The summed E-state index contributed by atoms with van der Waals surface area (Å²) in [5, 5.41) is 0. The number of ketones is 1. The van der Waals surface area contributed by atoms with Crippen LogP contribution in [0.2, 0.25) is 0 Å². The van der Waals surface area contributed by atoms with Crippen LogP contribution in [0.25, 0.3) is 0 Å². The van der Waals surface area contributed by atoms with Gasteiger partial charge in [0.1, 0.15) is 5.78 Å². The Morgan fingerprint density at radius 3 is 2.70 bits per heavy atom. The molecule has 2 heteroatoms. The molecule has 2 aliphatic rings. The minimum atomic E-state index is 0.106. The van der Waals surface area contributed by atoms with Crippen LogP contribution in [0.4, 0.5) is 0 Å². The van der Waals surface area contributed by atoms with Crippen LogP contribution in [-0.4, -0.2) is 29.8 Å². The third kappa shape index (κ3) is 6.28. The van der Waals surface area contributed by atoms with Gasteiger partial charge in [-0.15, -0.1) is 5.73 Å². The average Bonchev–Trinajstić information content (AvgIpc) is 2.59. The first-order valence-corrected chi connectivity index (χ1v) is 9.43. The highest BCUT2D eigenvalue weighted by atomic mass is 16.1. The molecule has 2 nitrogen and oxygen atoms in total. The van der Waals surface area contributed by atoms with Crippen molar-refractivity contribution in [1.82, 2.24) is 4.90 Å². The van der Waals surface area contributed by atoms with Crippen molar-refractivity contribution in [3.8, 4) is 0 Å². The van der Waals surface area contributed by atoms with Gasteiger partial charge in [-0.2, -0.15) is 0 Å². The van der Waals surface area contributed by atoms with Crippen molar-refractivity contribution in [3.63, 3.8) is 0 Å². The predicted octanol–water partition coefficient (Wildman–Crippen LogP) is 5.14. The quantitative estimate of drug-likeness (QED) is 0.624. The summed E-state index contributed by atoms with van der Waals surface area (Å²) in [6.07, 6.45) is 13.2. The molecule has 1 heterocycles. The van der Waals surface area contributed by atoms with Crippen molar-refractivity contribution in [2.45, 2.75) is 85.1 Å². The SMILES string of the molecule is CC1(C)CCCC=C=CCC(N2CCC(=O)CC(C)(C)C2)CC1. The molecular weight excluding hydrogens is 282 g/mol. The lowest BCUT2D eigenvalue weighted by Crippen LogP contribution is -2.41. The molecular formula is C21H35NO. The van der Waals surface area contributed by atoms with Gasteiger partial charge in [0.05, 0.1) is 0 Å². The van der Waals surface area contributed by atoms with Crippen LogP contribution >= 0.6 is 0 Å². The Morgan fingerprint density at radius 2 is 1.91 bits per heavy atom. The van der Waals surface area contributed by atoms with Crippen LogP contribution in [0.5, 0.6) is 0 Å². The van der Waals surface area contributed by atoms with Crippen LogP contribution in [0.1, 0.15) is 79.1 Å². The van der Waals surface area contributed by atoms with Gasteiger partial charge in [-0.05, 0) is 61.5 Å². The topological polar surface area (TPSA) is 20.3 Å². The second kappa shape index (κ2) is 7.81. The van der Waals surface area contributed by atoms with Crippen LogP contribution in [0.3, 0.4) is 0 Å². The smallest absolute Gasteiger partial charge is 0.134 e. The van der Waals surface area contributed by atoms with Crippen molar-refractivity contribution in [3.05, 3.63) is 17.9 Å². The Hall–Kier alpha value is -0.850. The molecule has 1 aliphatic heterocycles. The first-order valence-electron chi connectivity index (χ1n) is 9.43. The summed E-state index contributed by atoms with van der Waals surface area (Å²) in [5.41, 5.74) is 3.91. The molecule has 0 aromatic carbocycles. The van der Waals surface area contributed by atoms with Gasteiger partial charge >= 0.3 is 0 Å². The van der Waals surface area contributed by atoms with E-state index in [0.29, 0.717) is 17.2 Å². The fraction of sp³-hybridized carbons (Fsp3) is 0.810. The third-order valence-electron chi connectivity index (χ3n) is 5.48. The van der Waals surface area contributed by atoms with Crippen LogP contribution < -0.4 is 0 Å². The summed E-state index contributed by atoms with van der Waals surface area (Å²) in [6.45, 7) is 11.3. The van der Waals surface area contributed by atoms with E-state index < -0.39 is 0 Å². The van der Waals surface area contributed by atoms with Gasteiger partial charge in [-0.3, -0.25) is 9.69 Å². The summed E-state index contributed by atoms with van der Waals surface area (Å²) in [4.78, 5) is 14.6. The number of hydrogen-bond donors (Lipinski definition) is 0. The third-order valence-corrected chi connectivity index (χ3v) is 5.48. The van der Waals surface area contributed by atoms with E-state index in [1.807, 2.05) is 0 Å². The molecule has 0 bridgehead atoms. The fourth-order valence-corrected chi connectivity index (χ4v) is 4.07. The summed E-state index contributed by atoms with van der Waals surface area (Å²) in [6, 6.07) is 0.554. The zero-order valence-corrected chi connectivity index (χ0v) is 15.7. The number of likely N-dealkylation sites (tertiary alicyclic amines) is 1. The molecule has 0 N–H and O–H groups in total. The average molecular weight is 318 g/mol. The van der Waals surface area contributed by atoms with E-state index in [1.54, 1.807) is 0 Å². The molecule has 0 amide bonds. The number of hydrogen-bond acceptors (Lipinski definition) is 2. The summed E-state index contributed by atoms with van der Waals surface area (Å²) < 4.78 is 0. The van der Waals surface area contributed by atoms with Crippen molar-refractivity contribution < 1.29 is 4.79 Å². The maximum absolute atomic E-state index is 12.0. The molecule has 2 rings (SSSR count). The van der Waals surface area contributed by atoms with E-state index in [-0.39, 0.29) is 5.41 Å². The molecule has 0 radical (unpaired) electrons. The van der Waals surface area contributed by atoms with Crippen LogP contribution in [0, 0.1) is 10.8 Å². The Morgan fingerprint density at radius 1 is 1.13 bits per heavy atom. The lowest BCUT2D eigenvalue weighted by molar-refractivity contribution is -0.120. The van der Waals surface area contributed by atoms with Crippen molar-refractivity contribution >= 4 is 5.78 Å². The zero-order chi connectivity index (χ0) is 16.9. The van der Waals surface area contributed by atoms with Gasteiger partial charge in [0, 0.05) is 32.0 Å². The van der Waals surface area contributed by atoms with E-state index in [0.717, 1.165) is 38.8 Å². The molecule has 1 fully saturated rings. The maximum Gasteiger partial charge on any atom is 0.134 e. The first-order chi connectivity index (χ1) is 10.8. The molecule has 1 saturated heterocycles. The van der Waals surface area contributed by atoms with E-state index in [4.69, 9.17) is 0 Å². The molecule has 0 aromatic heterocycles. The second-order valence-corrected chi connectivity index (χ2v) is 9.16. The minimum Gasteiger partial charge on any atom is -0.300 e. The standard InChI is InChI=1S/C21H35NO/c1-20(2)13-9-7-5-6-8-10-18(11-14-20)22-15-12-19(23)16-21(3,4)17-22/h5,8,18H,7,9-17H2,1-4H3. The van der Waals surface area contributed by atoms with Gasteiger partial charge in [-0.25, -0.2) is 0 Å². The van der Waals surface area contributed by atoms with Gasteiger partial charge < -0.3 is 0 Å². The lowest BCUT2D eigenvalue weighted by atomic mass is 9.81. The Kier molecular flexibility index (Phi) is 6.28. The van der Waals surface area contributed by atoms with E-state index in [1.165, 1.54) is 25.7 Å². The molecule has 23 heavy (non-hydrogen) atoms. The van der Waals surface area contributed by atoms with E-state index in [2.05, 4.69) is 50.5 Å². The summed E-state index contributed by atoms with van der Waals surface area (Å²) in [7, 11) is 0. The van der Waals surface area contributed by atoms with Gasteiger partial charge in [0.15, 0.2) is 0 Å². The first kappa shape index (κ1) is 18.5. The highest BCUT2D eigenvalue weighted by Gasteiger charge is 2.32. The molecule has 0 saturated carbocycles. The number of carbonyl (C=O) groups is 1. The summed E-state index contributed by atoms with van der Waals surface area (Å²) >= 11 is 0. The molecule has 1 atom stereocenters. The lowest BCUT2D eigenvalue weighted by Gasteiger charge is -2.36. The van der Waals surface area contributed by atoms with Gasteiger partial charge in [-0.1, -0.05) is 27.7 Å². The van der Waals surface area contributed by atoms with Crippen molar-refractivity contribution in [1.29, 1.82) is 0 Å². The Labute approximate surface area is 143 Å². The van der Waals surface area contributed by atoms with E-state index >= 15 is 0 Å². The molecule has 130 valence electrons. The normalized spacial score (nSPS) is 29.7. The number of rotatable bonds is 1. The molecule has 1 aliphatic carbocycles. The van der Waals surface area contributed by atoms with Crippen LogP contribution in [-0.2, 0) is 4.79 Å². The zero-order valence-electron chi connectivity index (χ0n) is 15.7. The molecule has 0 aromatic rings. The number of carbonyl (C=O) groups excluding carboxylic acids is 1. The molecule has 0 spiro atoms. The van der Waals surface area contributed by atoms with E-state index in [9.17, 15) is 4.79 Å². The van der Waals surface area contributed by atoms with Crippen molar-refractivity contribution in [2.24, 2.45) is 10.8 Å². The summed E-state index contributed by atoms with van der Waals surface area (Å²) in [5.74, 6) is 0.435. The highest BCUT2D eigenvalue weighted by molar-refractivity contribution is 5.79.